The molecule has 124 valence electrons. The van der Waals surface area contributed by atoms with Gasteiger partial charge in [0.05, 0.1) is 0 Å². The van der Waals surface area contributed by atoms with Gasteiger partial charge in [0, 0.05) is 35.9 Å². The van der Waals surface area contributed by atoms with E-state index in [1.54, 1.807) is 6.20 Å². The van der Waals surface area contributed by atoms with E-state index in [2.05, 4.69) is 49.4 Å². The molecule has 1 aromatic carbocycles. The molecule has 0 fully saturated rings. The van der Waals surface area contributed by atoms with Gasteiger partial charge in [-0.25, -0.2) is 0 Å². The number of guanidine groups is 1. The van der Waals surface area contributed by atoms with E-state index < -0.39 is 0 Å². The number of aromatic nitrogens is 1. The number of rotatable bonds is 7. The lowest BCUT2D eigenvalue weighted by atomic mass is 10.1. The van der Waals surface area contributed by atoms with Crippen LogP contribution in [0.5, 0.6) is 0 Å². The van der Waals surface area contributed by atoms with E-state index in [0.717, 1.165) is 42.5 Å². The van der Waals surface area contributed by atoms with Crippen molar-refractivity contribution < 1.29 is 0 Å². The van der Waals surface area contributed by atoms with E-state index in [0.29, 0.717) is 5.96 Å². The molecule has 0 aliphatic rings. The van der Waals surface area contributed by atoms with Gasteiger partial charge in [-0.05, 0) is 42.7 Å². The van der Waals surface area contributed by atoms with Gasteiger partial charge < -0.3 is 11.1 Å². The predicted molar refractivity (Wildman–Crippen MR) is 110 cm³/mol. The van der Waals surface area contributed by atoms with Crippen LogP contribution in [-0.4, -0.2) is 24.0 Å². The smallest absolute Gasteiger partial charge is 0.188 e. The van der Waals surface area contributed by atoms with Crippen LogP contribution >= 0.6 is 39.9 Å². The second-order valence-electron chi connectivity index (χ2n) is 5.00. The summed E-state index contributed by atoms with van der Waals surface area (Å²) in [7, 11) is 0. The molecule has 0 spiro atoms. The molecule has 0 saturated carbocycles. The normalized spacial score (nSPS) is 10.9. The second kappa shape index (κ2) is 11.4. The number of hydrogen-bond donors (Lipinski definition) is 2. The van der Waals surface area contributed by atoms with Crippen molar-refractivity contribution in [1.82, 2.24) is 10.3 Å². The standard InChI is InChI=1S/C17H21BrN4.HI/c18-15-7-3-5-14(13-15)6-4-11-21-17(19)22-12-9-16-8-1-2-10-20-16;/h1-3,5,7-8,10,13H,4,6,9,11-12H2,(H3,19,21,22);1H. The number of nitrogens with two attached hydrogens (primary N) is 1. The van der Waals surface area contributed by atoms with Gasteiger partial charge in [0.1, 0.15) is 0 Å². The Morgan fingerprint density at radius 1 is 1.17 bits per heavy atom. The highest BCUT2D eigenvalue weighted by atomic mass is 127. The minimum Gasteiger partial charge on any atom is -0.370 e. The minimum atomic E-state index is 0. The molecule has 0 bridgehead atoms. The molecule has 23 heavy (non-hydrogen) atoms. The molecule has 0 aliphatic heterocycles. The number of pyridine rings is 1. The van der Waals surface area contributed by atoms with E-state index in [9.17, 15) is 0 Å². The Labute approximate surface area is 163 Å². The first-order valence-corrected chi connectivity index (χ1v) is 8.21. The maximum Gasteiger partial charge on any atom is 0.188 e. The van der Waals surface area contributed by atoms with Crippen molar-refractivity contribution in [1.29, 1.82) is 0 Å². The van der Waals surface area contributed by atoms with E-state index in [1.807, 2.05) is 24.3 Å². The molecule has 2 rings (SSSR count). The Bertz CT molecular complexity index is 605. The van der Waals surface area contributed by atoms with Crippen LogP contribution in [0.4, 0.5) is 0 Å². The maximum absolute atomic E-state index is 5.85. The molecule has 0 atom stereocenters. The summed E-state index contributed by atoms with van der Waals surface area (Å²) in [6.07, 6.45) is 4.63. The molecule has 1 aromatic heterocycles. The van der Waals surface area contributed by atoms with E-state index >= 15 is 0 Å². The average molecular weight is 489 g/mol. The lowest BCUT2D eigenvalue weighted by Crippen LogP contribution is -2.33. The van der Waals surface area contributed by atoms with Crippen molar-refractivity contribution in [3.63, 3.8) is 0 Å². The van der Waals surface area contributed by atoms with Gasteiger partial charge in [0.25, 0.3) is 0 Å². The van der Waals surface area contributed by atoms with Crippen LogP contribution in [0.1, 0.15) is 17.7 Å². The topological polar surface area (TPSA) is 63.3 Å². The van der Waals surface area contributed by atoms with Gasteiger partial charge in [-0.3, -0.25) is 9.98 Å². The highest BCUT2D eigenvalue weighted by molar-refractivity contribution is 14.0. The first-order chi connectivity index (χ1) is 10.7. The largest absolute Gasteiger partial charge is 0.370 e. The first kappa shape index (κ1) is 19.9. The molecule has 6 heteroatoms. The third kappa shape index (κ3) is 8.31. The van der Waals surface area contributed by atoms with Gasteiger partial charge in [-0.1, -0.05) is 34.1 Å². The number of nitrogens with one attached hydrogen (secondary N) is 1. The van der Waals surface area contributed by atoms with E-state index in [-0.39, 0.29) is 24.0 Å². The van der Waals surface area contributed by atoms with Crippen LogP contribution in [0.25, 0.3) is 0 Å². The van der Waals surface area contributed by atoms with E-state index in [1.165, 1.54) is 5.56 Å². The van der Waals surface area contributed by atoms with Crippen molar-refractivity contribution in [2.45, 2.75) is 19.3 Å². The van der Waals surface area contributed by atoms with Crippen molar-refractivity contribution in [3.8, 4) is 0 Å². The van der Waals surface area contributed by atoms with E-state index in [4.69, 9.17) is 5.73 Å². The average Bonchev–Trinajstić information content (AvgIpc) is 2.53. The van der Waals surface area contributed by atoms with Gasteiger partial charge in [-0.2, -0.15) is 0 Å². The van der Waals surface area contributed by atoms with Crippen LogP contribution < -0.4 is 11.1 Å². The fourth-order valence-electron chi connectivity index (χ4n) is 2.10. The van der Waals surface area contributed by atoms with Crippen LogP contribution in [-0.2, 0) is 12.8 Å². The number of benzene rings is 1. The zero-order valence-electron chi connectivity index (χ0n) is 12.9. The molecule has 0 aliphatic carbocycles. The van der Waals surface area contributed by atoms with Crippen LogP contribution in [0.3, 0.4) is 0 Å². The number of aliphatic imine (C=N–C) groups is 1. The lowest BCUT2D eigenvalue weighted by Gasteiger charge is -2.05. The SMILES string of the molecule is I.NC(=NCCCc1cccc(Br)c1)NCCc1ccccn1. The summed E-state index contributed by atoms with van der Waals surface area (Å²) in [4.78, 5) is 8.61. The summed E-state index contributed by atoms with van der Waals surface area (Å²) in [5.74, 6) is 0.505. The van der Waals surface area contributed by atoms with Gasteiger partial charge in [-0.15, -0.1) is 24.0 Å². The monoisotopic (exact) mass is 488 g/mol. The minimum absolute atomic E-state index is 0. The quantitative estimate of drug-likeness (QED) is 0.271. The zero-order chi connectivity index (χ0) is 15.6. The number of halogens is 2. The van der Waals surface area contributed by atoms with Crippen molar-refractivity contribution in [2.75, 3.05) is 13.1 Å². The molecular formula is C17H22BrIN4. The van der Waals surface area contributed by atoms with Gasteiger partial charge in [0.2, 0.25) is 0 Å². The summed E-state index contributed by atoms with van der Waals surface area (Å²) in [5, 5.41) is 3.12. The Morgan fingerprint density at radius 2 is 2.04 bits per heavy atom. The zero-order valence-corrected chi connectivity index (χ0v) is 16.8. The Morgan fingerprint density at radius 3 is 2.78 bits per heavy atom. The molecule has 0 radical (unpaired) electrons. The van der Waals surface area contributed by atoms with Crippen LogP contribution in [0.2, 0.25) is 0 Å². The predicted octanol–water partition coefficient (Wildman–Crippen LogP) is 3.54. The fraction of sp³-hybridized carbons (Fsp3) is 0.294. The molecule has 0 saturated heterocycles. The van der Waals surface area contributed by atoms with Crippen LogP contribution in [0.15, 0.2) is 58.1 Å². The molecule has 2 aromatic rings. The third-order valence-corrected chi connectivity index (χ3v) is 3.70. The lowest BCUT2D eigenvalue weighted by molar-refractivity contribution is 0.801. The summed E-state index contributed by atoms with van der Waals surface area (Å²) >= 11 is 3.48. The summed E-state index contributed by atoms with van der Waals surface area (Å²) < 4.78 is 1.12. The molecule has 1 heterocycles. The molecule has 0 amide bonds. The number of nitrogens with zero attached hydrogens (tertiary/aromatic N) is 2. The van der Waals surface area contributed by atoms with Crippen molar-refractivity contribution >= 4 is 45.9 Å². The molecule has 0 unspecified atom stereocenters. The Balaban J connectivity index is 0.00000264. The van der Waals surface area contributed by atoms with Gasteiger partial charge >= 0.3 is 0 Å². The highest BCUT2D eigenvalue weighted by Gasteiger charge is 1.96. The molecule has 4 nitrogen and oxygen atoms in total. The third-order valence-electron chi connectivity index (χ3n) is 3.21. The van der Waals surface area contributed by atoms with Crippen LogP contribution in [0, 0.1) is 0 Å². The maximum atomic E-state index is 5.85. The molecule has 3 N–H and O–H groups in total. The van der Waals surface area contributed by atoms with Gasteiger partial charge in [0.15, 0.2) is 5.96 Å². The second-order valence-corrected chi connectivity index (χ2v) is 5.91. The van der Waals surface area contributed by atoms with Crippen molar-refractivity contribution in [2.24, 2.45) is 10.7 Å². The van der Waals surface area contributed by atoms with Crippen molar-refractivity contribution in [3.05, 3.63) is 64.4 Å². The Kier molecular flexibility index (Phi) is 9.86. The summed E-state index contributed by atoms with van der Waals surface area (Å²) in [5.41, 5.74) is 8.22. The molecular weight excluding hydrogens is 467 g/mol. The fourth-order valence-corrected chi connectivity index (χ4v) is 2.54. The number of hydrogen-bond acceptors (Lipinski definition) is 2. The highest BCUT2D eigenvalue weighted by Crippen LogP contribution is 2.12. The first-order valence-electron chi connectivity index (χ1n) is 7.42. The Hall–Kier alpha value is -1.15. The summed E-state index contributed by atoms with van der Waals surface area (Å²) in [6.45, 7) is 1.48. The number of aryl methyl sites for hydroxylation is 1. The summed E-state index contributed by atoms with van der Waals surface area (Å²) in [6, 6.07) is 14.3.